The van der Waals surface area contributed by atoms with E-state index < -0.39 is 0 Å². The molecule has 78 heavy (non-hydrogen) atoms. The molecule has 5 aliphatic rings. The van der Waals surface area contributed by atoms with Gasteiger partial charge in [-0.15, -0.1) is 0 Å². The van der Waals surface area contributed by atoms with E-state index in [-0.39, 0.29) is 22.3 Å². The van der Waals surface area contributed by atoms with E-state index in [2.05, 4.69) is 286 Å². The number of nitrogens with zero attached hydrogens (tertiary/aromatic N) is 3. The molecule has 0 radical (unpaired) electrons. The molecule has 1 aromatic heterocycles. The maximum atomic E-state index is 2.62. The van der Waals surface area contributed by atoms with Gasteiger partial charge in [0.1, 0.15) is 0 Å². The Morgan fingerprint density at radius 1 is 0.423 bits per heavy atom. The molecular weight excluding hydrogens is 943 g/mol. The molecular formula is C75H63N3. The molecule has 0 bridgehead atoms. The Labute approximate surface area is 459 Å². The zero-order valence-electron chi connectivity index (χ0n) is 45.5. The molecule has 0 N–H and O–H groups in total. The predicted molar refractivity (Wildman–Crippen MR) is 330 cm³/mol. The number of rotatable bonds is 8. The third-order valence-corrected chi connectivity index (χ3v) is 18.5. The summed E-state index contributed by atoms with van der Waals surface area (Å²) in [5.41, 5.74) is 28.2. The standard InChI is InChI=1S/C75H63N3/c1-73(2)64-25-15-13-23-58(64)60-40-38-56(46-67(60)73)76(52-19-9-7-10-20-52)54-34-29-48(30-35-54)50-33-42-70-62(43-50)63-44-51(45-69-72(63)78(70)71-28-18-17-27-66(71)75(69,5)6)49-31-36-55(37-32-49)77(53-21-11-8-12-22-53)57-39-41-61-59-24-14-16-26-65(59)74(3,4)68(61)47-57/h7-17,19-21,23-27,29-47,53H,18,22,28H2,1-6H3. The first kappa shape index (κ1) is 46.6. The molecule has 9 aromatic carbocycles. The fraction of sp³-hybridized carbons (Fsp3) is 0.173. The van der Waals surface area contributed by atoms with Crippen molar-refractivity contribution in [3.8, 4) is 44.5 Å². The largest absolute Gasteiger partial charge is 0.334 e. The van der Waals surface area contributed by atoms with Gasteiger partial charge >= 0.3 is 0 Å². The van der Waals surface area contributed by atoms with Crippen LogP contribution in [0.3, 0.4) is 0 Å². The molecule has 0 fully saturated rings. The van der Waals surface area contributed by atoms with E-state index in [1.807, 2.05) is 0 Å². The molecule has 0 saturated heterocycles. The van der Waals surface area contributed by atoms with E-state index in [1.54, 1.807) is 0 Å². The summed E-state index contributed by atoms with van der Waals surface area (Å²) in [7, 11) is 0. The molecule has 3 heteroatoms. The minimum atomic E-state index is -0.175. The van der Waals surface area contributed by atoms with Gasteiger partial charge in [0, 0.05) is 61.2 Å². The van der Waals surface area contributed by atoms with Gasteiger partial charge in [0.2, 0.25) is 0 Å². The highest BCUT2D eigenvalue weighted by atomic mass is 15.2. The van der Waals surface area contributed by atoms with E-state index in [1.165, 1.54) is 117 Å². The van der Waals surface area contributed by atoms with Gasteiger partial charge < -0.3 is 14.4 Å². The molecule has 0 amide bonds. The number of hydrogen-bond donors (Lipinski definition) is 0. The molecule has 10 aromatic rings. The average molecular weight is 1010 g/mol. The SMILES string of the molecule is CC1(C)C2=C(CCC=C2)n2c3ccc(-c4ccc(N(c5ccccc5)c5ccc6c(c5)C(C)(C)c5ccccc5-6)cc4)cc3c3cc(-c4ccc(N(c5ccc6c(c5)C(C)(C)c5ccccc5-6)C5C=CC=CC5)cc4)cc1c32. The third kappa shape index (κ3) is 6.89. The topological polar surface area (TPSA) is 11.4 Å². The van der Waals surface area contributed by atoms with Crippen molar-refractivity contribution in [1.82, 2.24) is 4.57 Å². The van der Waals surface area contributed by atoms with Crippen molar-refractivity contribution in [3.63, 3.8) is 0 Å². The van der Waals surface area contributed by atoms with Gasteiger partial charge in [-0.1, -0.05) is 187 Å². The van der Waals surface area contributed by atoms with Gasteiger partial charge in [-0.3, -0.25) is 0 Å². The first-order valence-corrected chi connectivity index (χ1v) is 28.2. The van der Waals surface area contributed by atoms with Gasteiger partial charge in [0.05, 0.1) is 17.1 Å². The molecule has 4 aliphatic carbocycles. The van der Waals surface area contributed by atoms with E-state index >= 15 is 0 Å². The molecule has 2 heterocycles. The summed E-state index contributed by atoms with van der Waals surface area (Å²) in [6, 6.07) is 73.9. The van der Waals surface area contributed by atoms with Crippen LogP contribution in [-0.2, 0) is 16.2 Å². The summed E-state index contributed by atoms with van der Waals surface area (Å²) in [4.78, 5) is 4.96. The number of hydrogen-bond acceptors (Lipinski definition) is 2. The summed E-state index contributed by atoms with van der Waals surface area (Å²) in [5, 5.41) is 2.61. The Hall–Kier alpha value is -8.66. The second-order valence-corrected chi connectivity index (χ2v) is 24.0. The van der Waals surface area contributed by atoms with Gasteiger partial charge in [0.25, 0.3) is 0 Å². The second kappa shape index (κ2) is 17.2. The highest BCUT2D eigenvalue weighted by molar-refractivity contribution is 6.15. The normalized spacial score (nSPS) is 17.4. The van der Waals surface area contributed by atoms with Gasteiger partial charge in [-0.25, -0.2) is 0 Å². The predicted octanol–water partition coefficient (Wildman–Crippen LogP) is 20.1. The van der Waals surface area contributed by atoms with Crippen molar-refractivity contribution in [1.29, 1.82) is 0 Å². The molecule has 1 aliphatic heterocycles. The fourth-order valence-corrected chi connectivity index (χ4v) is 14.5. The fourth-order valence-electron chi connectivity index (χ4n) is 14.5. The lowest BCUT2D eigenvalue weighted by Crippen LogP contribution is -2.30. The number of aromatic nitrogens is 1. The zero-order chi connectivity index (χ0) is 52.7. The summed E-state index contributed by atoms with van der Waals surface area (Å²) >= 11 is 0. The van der Waals surface area contributed by atoms with E-state index in [0.717, 1.165) is 36.3 Å². The number of fused-ring (bicyclic) bond motifs is 10. The Morgan fingerprint density at radius 3 is 1.67 bits per heavy atom. The quantitative estimate of drug-likeness (QED) is 0.150. The lowest BCUT2D eigenvalue weighted by molar-refractivity contribution is 0.624. The van der Waals surface area contributed by atoms with Crippen LogP contribution in [0.2, 0.25) is 0 Å². The van der Waals surface area contributed by atoms with Crippen LogP contribution in [0.1, 0.15) is 88.6 Å². The molecule has 1 unspecified atom stereocenters. The van der Waals surface area contributed by atoms with Crippen molar-refractivity contribution in [2.45, 2.75) is 83.1 Å². The van der Waals surface area contributed by atoms with Crippen LogP contribution in [0, 0.1) is 0 Å². The monoisotopic (exact) mass is 1010 g/mol. The number of allylic oxidation sites excluding steroid dienone is 6. The smallest absolute Gasteiger partial charge is 0.0579 e. The van der Waals surface area contributed by atoms with Crippen molar-refractivity contribution in [3.05, 3.63) is 264 Å². The van der Waals surface area contributed by atoms with E-state index in [9.17, 15) is 0 Å². The van der Waals surface area contributed by atoms with Crippen molar-refractivity contribution < 1.29 is 0 Å². The van der Waals surface area contributed by atoms with E-state index in [0.29, 0.717) is 0 Å². The maximum Gasteiger partial charge on any atom is 0.0579 e. The Kier molecular flexibility index (Phi) is 10.3. The highest BCUT2D eigenvalue weighted by Crippen LogP contribution is 2.54. The van der Waals surface area contributed by atoms with Gasteiger partial charge in [-0.2, -0.15) is 0 Å². The second-order valence-electron chi connectivity index (χ2n) is 24.0. The van der Waals surface area contributed by atoms with Gasteiger partial charge in [-0.05, 0) is 182 Å². The molecule has 0 saturated carbocycles. The molecule has 3 nitrogen and oxygen atoms in total. The van der Waals surface area contributed by atoms with Crippen LogP contribution in [0.4, 0.5) is 28.4 Å². The third-order valence-electron chi connectivity index (χ3n) is 18.5. The van der Waals surface area contributed by atoms with Crippen molar-refractivity contribution in [2.75, 3.05) is 9.80 Å². The highest BCUT2D eigenvalue weighted by Gasteiger charge is 2.39. The first-order chi connectivity index (χ1) is 37.9. The lowest BCUT2D eigenvalue weighted by atomic mass is 9.72. The Morgan fingerprint density at radius 2 is 0.987 bits per heavy atom. The van der Waals surface area contributed by atoms with Crippen molar-refractivity contribution in [2.24, 2.45) is 0 Å². The average Bonchev–Trinajstić information content (AvgIpc) is 3.61. The molecule has 15 rings (SSSR count). The maximum absolute atomic E-state index is 2.62. The Bertz CT molecular complexity index is 4250. The number of para-hydroxylation sites is 1. The minimum absolute atomic E-state index is 0.0780. The zero-order valence-corrected chi connectivity index (χ0v) is 45.5. The first-order valence-electron chi connectivity index (χ1n) is 28.2. The van der Waals surface area contributed by atoms with Crippen LogP contribution in [0.25, 0.3) is 72.0 Å². The Balaban J connectivity index is 0.821. The lowest BCUT2D eigenvalue weighted by Gasteiger charge is -2.37. The summed E-state index contributed by atoms with van der Waals surface area (Å²) < 4.78 is 2.62. The number of anilines is 5. The summed E-state index contributed by atoms with van der Waals surface area (Å²) in [5.74, 6) is 0. The van der Waals surface area contributed by atoms with Crippen LogP contribution < -0.4 is 9.80 Å². The van der Waals surface area contributed by atoms with Crippen molar-refractivity contribution >= 4 is 55.9 Å². The summed E-state index contributed by atoms with van der Waals surface area (Å²) in [6.45, 7) is 14.4. The van der Waals surface area contributed by atoms with Crippen LogP contribution in [-0.4, -0.2) is 10.6 Å². The van der Waals surface area contributed by atoms with Crippen LogP contribution in [0.5, 0.6) is 0 Å². The van der Waals surface area contributed by atoms with Crippen LogP contribution >= 0.6 is 0 Å². The van der Waals surface area contributed by atoms with Gasteiger partial charge in [0.15, 0.2) is 0 Å². The molecule has 1 atom stereocenters. The molecule has 0 spiro atoms. The summed E-state index contributed by atoms with van der Waals surface area (Å²) in [6.07, 6.45) is 16.9. The minimum Gasteiger partial charge on any atom is -0.334 e. The van der Waals surface area contributed by atoms with E-state index in [4.69, 9.17) is 0 Å². The molecule has 378 valence electrons. The van der Waals surface area contributed by atoms with Crippen LogP contribution in [0.15, 0.2) is 236 Å². The number of benzene rings is 9.